The first kappa shape index (κ1) is 12.2. The van der Waals surface area contributed by atoms with Crippen LogP contribution >= 0.6 is 0 Å². The van der Waals surface area contributed by atoms with Gasteiger partial charge in [-0.15, -0.1) is 0 Å². The third-order valence-electron chi connectivity index (χ3n) is 4.03. The minimum Gasteiger partial charge on any atom is -0.497 e. The van der Waals surface area contributed by atoms with Gasteiger partial charge in [-0.3, -0.25) is 4.79 Å². The summed E-state index contributed by atoms with van der Waals surface area (Å²) in [5.41, 5.74) is 1.30. The van der Waals surface area contributed by atoms with Crippen LogP contribution in [-0.4, -0.2) is 12.9 Å². The van der Waals surface area contributed by atoms with Gasteiger partial charge in [0.15, 0.2) is 0 Å². The Hall–Kier alpha value is -1.83. The summed E-state index contributed by atoms with van der Waals surface area (Å²) in [5.74, 6) is 1.70. The highest BCUT2D eigenvalue weighted by Crippen LogP contribution is 2.33. The van der Waals surface area contributed by atoms with Gasteiger partial charge in [0.1, 0.15) is 11.5 Å². The monoisotopic (exact) mass is 254 g/mol. The van der Waals surface area contributed by atoms with Crippen LogP contribution < -0.4 is 4.74 Å². The molecule has 0 aromatic heterocycles. The molecule has 0 radical (unpaired) electrons. The van der Waals surface area contributed by atoms with Crippen LogP contribution in [0, 0.1) is 0 Å². The molecule has 0 aliphatic heterocycles. The Kier molecular flexibility index (Phi) is 3.24. The van der Waals surface area contributed by atoms with Crippen LogP contribution in [0.2, 0.25) is 0 Å². The van der Waals surface area contributed by atoms with Crippen LogP contribution in [-0.2, 0) is 4.79 Å². The molecule has 2 aromatic carbocycles. The quantitative estimate of drug-likeness (QED) is 0.807. The number of benzene rings is 2. The number of Topliss-reactive ketones (excluding diaryl/α,β-unsaturated/α-hetero) is 1. The predicted molar refractivity (Wildman–Crippen MR) is 76.7 cm³/mol. The molecular formula is C17H18O2. The van der Waals surface area contributed by atoms with Crippen molar-refractivity contribution in [3.8, 4) is 5.75 Å². The van der Waals surface area contributed by atoms with Crippen molar-refractivity contribution in [2.24, 2.45) is 0 Å². The average molecular weight is 254 g/mol. The number of fused-ring (bicyclic) bond motifs is 1. The number of ether oxygens (including phenoxy) is 1. The zero-order valence-electron chi connectivity index (χ0n) is 11.2. The second-order valence-corrected chi connectivity index (χ2v) is 5.30. The van der Waals surface area contributed by atoms with Gasteiger partial charge < -0.3 is 4.74 Å². The van der Waals surface area contributed by atoms with E-state index in [1.807, 2.05) is 12.1 Å². The maximum atomic E-state index is 11.6. The molecule has 19 heavy (non-hydrogen) atoms. The highest BCUT2D eigenvalue weighted by molar-refractivity contribution is 5.85. The Morgan fingerprint density at radius 2 is 1.89 bits per heavy atom. The number of carbonyl (C=O) groups excluding carboxylic acids is 1. The number of hydrogen-bond donors (Lipinski definition) is 0. The molecule has 2 nitrogen and oxygen atoms in total. The Balaban J connectivity index is 1.95. The number of rotatable bonds is 2. The first-order valence-corrected chi connectivity index (χ1v) is 6.85. The van der Waals surface area contributed by atoms with E-state index in [1.165, 1.54) is 16.3 Å². The van der Waals surface area contributed by atoms with Crippen molar-refractivity contribution >= 4 is 16.6 Å². The molecule has 2 heteroatoms. The lowest BCUT2D eigenvalue weighted by atomic mass is 9.83. The zero-order chi connectivity index (χ0) is 13.2. The summed E-state index contributed by atoms with van der Waals surface area (Å²) in [6.07, 6.45) is 3.64. The van der Waals surface area contributed by atoms with E-state index in [0.29, 0.717) is 18.1 Å². The fourth-order valence-electron chi connectivity index (χ4n) is 2.93. The van der Waals surface area contributed by atoms with E-state index < -0.39 is 0 Å². The van der Waals surface area contributed by atoms with Crippen LogP contribution in [0.25, 0.3) is 10.8 Å². The fourth-order valence-corrected chi connectivity index (χ4v) is 2.93. The van der Waals surface area contributed by atoms with Crippen molar-refractivity contribution < 1.29 is 9.53 Å². The predicted octanol–water partition coefficient (Wildman–Crippen LogP) is 4.08. The van der Waals surface area contributed by atoms with Crippen molar-refractivity contribution in [1.82, 2.24) is 0 Å². The minimum absolute atomic E-state index is 0.408. The van der Waals surface area contributed by atoms with E-state index >= 15 is 0 Å². The lowest BCUT2D eigenvalue weighted by molar-refractivity contribution is -0.120. The highest BCUT2D eigenvalue weighted by Gasteiger charge is 2.20. The van der Waals surface area contributed by atoms with Gasteiger partial charge in [0, 0.05) is 12.8 Å². The van der Waals surface area contributed by atoms with Gasteiger partial charge in [-0.2, -0.15) is 0 Å². The molecule has 0 spiro atoms. The van der Waals surface area contributed by atoms with Gasteiger partial charge >= 0.3 is 0 Å². The second-order valence-electron chi connectivity index (χ2n) is 5.30. The van der Waals surface area contributed by atoms with E-state index in [9.17, 15) is 4.79 Å². The van der Waals surface area contributed by atoms with Crippen molar-refractivity contribution in [2.45, 2.75) is 31.6 Å². The van der Waals surface area contributed by atoms with Crippen molar-refractivity contribution in [2.75, 3.05) is 7.11 Å². The van der Waals surface area contributed by atoms with Gasteiger partial charge in [-0.1, -0.05) is 24.3 Å². The van der Waals surface area contributed by atoms with E-state index in [0.717, 1.165) is 25.0 Å². The maximum absolute atomic E-state index is 11.6. The first-order chi connectivity index (χ1) is 9.26. The summed E-state index contributed by atoms with van der Waals surface area (Å²) in [4.78, 5) is 11.6. The molecule has 0 heterocycles. The number of carbonyl (C=O) groups is 1. The van der Waals surface area contributed by atoms with E-state index in [-0.39, 0.29) is 0 Å². The normalized spacial score (nSPS) is 19.6. The Bertz CT molecular complexity index is 616. The smallest absolute Gasteiger partial charge is 0.133 e. The summed E-state index contributed by atoms with van der Waals surface area (Å²) >= 11 is 0. The molecule has 0 N–H and O–H groups in total. The molecule has 2 aromatic rings. The molecule has 98 valence electrons. The van der Waals surface area contributed by atoms with Gasteiger partial charge in [-0.25, -0.2) is 0 Å². The topological polar surface area (TPSA) is 26.3 Å². The SMILES string of the molecule is COc1ccc2cc(C3CCCC(=O)C3)ccc2c1. The molecule has 1 unspecified atom stereocenters. The van der Waals surface area contributed by atoms with Crippen LogP contribution in [0.15, 0.2) is 36.4 Å². The molecule has 0 bridgehead atoms. The average Bonchev–Trinajstić information content (AvgIpc) is 2.46. The van der Waals surface area contributed by atoms with Crippen molar-refractivity contribution in [3.05, 3.63) is 42.0 Å². The molecule has 3 rings (SSSR count). The van der Waals surface area contributed by atoms with Gasteiger partial charge in [0.25, 0.3) is 0 Å². The lowest BCUT2D eigenvalue weighted by Gasteiger charge is -2.21. The number of ketones is 1. The van der Waals surface area contributed by atoms with Gasteiger partial charge in [-0.05, 0) is 47.2 Å². The number of hydrogen-bond acceptors (Lipinski definition) is 2. The third kappa shape index (κ3) is 2.48. The standard InChI is InChI=1S/C17H18O2/c1-19-17-8-7-14-9-13(5-6-15(14)11-17)12-3-2-4-16(18)10-12/h5-9,11-12H,2-4,10H2,1H3. The van der Waals surface area contributed by atoms with Gasteiger partial charge in [0.05, 0.1) is 7.11 Å². The largest absolute Gasteiger partial charge is 0.497 e. The van der Waals surface area contributed by atoms with Crippen LogP contribution in [0.4, 0.5) is 0 Å². The Morgan fingerprint density at radius 3 is 2.68 bits per heavy atom. The third-order valence-corrected chi connectivity index (χ3v) is 4.03. The molecule has 1 aliphatic carbocycles. The summed E-state index contributed by atoms with van der Waals surface area (Å²) in [7, 11) is 1.68. The molecule has 1 fully saturated rings. The lowest BCUT2D eigenvalue weighted by Crippen LogP contribution is -2.13. The van der Waals surface area contributed by atoms with E-state index in [4.69, 9.17) is 4.74 Å². The van der Waals surface area contributed by atoms with Crippen LogP contribution in [0.5, 0.6) is 5.75 Å². The van der Waals surface area contributed by atoms with Crippen molar-refractivity contribution in [1.29, 1.82) is 0 Å². The molecule has 1 saturated carbocycles. The van der Waals surface area contributed by atoms with Gasteiger partial charge in [0.2, 0.25) is 0 Å². The molecule has 1 aliphatic rings. The highest BCUT2D eigenvalue weighted by atomic mass is 16.5. The molecular weight excluding hydrogens is 236 g/mol. The molecule has 0 amide bonds. The van der Waals surface area contributed by atoms with E-state index in [1.54, 1.807) is 7.11 Å². The molecule has 0 saturated heterocycles. The first-order valence-electron chi connectivity index (χ1n) is 6.85. The maximum Gasteiger partial charge on any atom is 0.133 e. The summed E-state index contributed by atoms with van der Waals surface area (Å²) in [6.45, 7) is 0. The Labute approximate surface area is 113 Å². The summed E-state index contributed by atoms with van der Waals surface area (Å²) < 4.78 is 5.24. The minimum atomic E-state index is 0.408. The van der Waals surface area contributed by atoms with Crippen LogP contribution in [0.1, 0.15) is 37.2 Å². The van der Waals surface area contributed by atoms with Crippen molar-refractivity contribution in [3.63, 3.8) is 0 Å². The number of methoxy groups -OCH3 is 1. The summed E-state index contributed by atoms with van der Waals surface area (Å²) in [5, 5.41) is 2.40. The second kappa shape index (κ2) is 5.04. The fraction of sp³-hybridized carbons (Fsp3) is 0.353. The van der Waals surface area contributed by atoms with E-state index in [2.05, 4.69) is 24.3 Å². The van der Waals surface area contributed by atoms with Crippen LogP contribution in [0.3, 0.4) is 0 Å². The summed E-state index contributed by atoms with van der Waals surface area (Å²) in [6, 6.07) is 12.6. The zero-order valence-corrected chi connectivity index (χ0v) is 11.2. The Morgan fingerprint density at radius 1 is 1.11 bits per heavy atom. The molecule has 1 atom stereocenters.